The van der Waals surface area contributed by atoms with Crippen molar-refractivity contribution in [2.75, 3.05) is 130 Å². The van der Waals surface area contributed by atoms with E-state index in [2.05, 4.69) is 54.9 Å². The quantitative estimate of drug-likeness (QED) is 0.0270. The molecule has 0 atom stereocenters. The Hall–Kier alpha value is -5.60. The number of hydrogen-bond donors (Lipinski definition) is 5. The number of nitrogens with one attached hydrogen (secondary N) is 4. The monoisotopic (exact) mass is 1070 g/mol. The number of unbranched alkanes of at least 4 members (excludes halogenated alkanes) is 1. The van der Waals surface area contributed by atoms with Crippen LogP contribution in [0.15, 0.2) is 48.5 Å². The van der Waals surface area contributed by atoms with Gasteiger partial charge in [-0.25, -0.2) is 0 Å². The van der Waals surface area contributed by atoms with E-state index in [9.17, 15) is 9.59 Å². The van der Waals surface area contributed by atoms with Gasteiger partial charge in [-0.2, -0.15) is 29.9 Å². The minimum Gasteiger partial charge on any atom is -0.379 e. The second-order valence-electron chi connectivity index (χ2n) is 20.3. The molecule has 7 rings (SSSR count). The number of carbonyl (C=O) groups excluding carboxylic acids is 2. The number of hydrogen-bond acceptors (Lipinski definition) is 19. The molecule has 1 saturated carbocycles. The van der Waals surface area contributed by atoms with E-state index in [0.717, 1.165) is 113 Å². The van der Waals surface area contributed by atoms with E-state index >= 15 is 0 Å². The molecule has 2 aromatic heterocycles. The second kappa shape index (κ2) is 36.5. The number of carbonyl (C=O) groups is 2. The van der Waals surface area contributed by atoms with Crippen molar-refractivity contribution in [2.24, 2.45) is 11.7 Å². The number of aromatic nitrogens is 6. The summed E-state index contributed by atoms with van der Waals surface area (Å²) in [6.07, 6.45) is 20.2. The Morgan fingerprint density at radius 1 is 0.506 bits per heavy atom. The maximum absolute atomic E-state index is 12.4. The topological polar surface area (TPSA) is 229 Å². The molecular weight excluding hydrogens is 975 g/mol. The van der Waals surface area contributed by atoms with Gasteiger partial charge in [0.2, 0.25) is 35.7 Å². The Balaban J connectivity index is 0.000000250. The van der Waals surface area contributed by atoms with Crippen LogP contribution in [-0.2, 0) is 41.4 Å². The average molecular weight is 1070 g/mol. The molecule has 77 heavy (non-hydrogen) atoms. The first kappa shape index (κ1) is 60.6. The van der Waals surface area contributed by atoms with Gasteiger partial charge in [0.15, 0.2) is 0 Å². The summed E-state index contributed by atoms with van der Waals surface area (Å²) in [4.78, 5) is 57.5. The standard InChI is InChI=1S/C31H48N6O3.C27H43N7O3/c1-2-19-39-21-22-40-20-9-12-28(38)23-25-13-15-27(16-14-25)33-30-34-29(32-24-26-10-5-3-6-11-26)35-31(36-30)37-17-7-4-8-18-37;1-2-3-14-29-25-31-26(33-27(32-25)34-15-5-4-6-16-34)30-23-11-9-22(10-12-23)21-24(35)8-7-17-36-19-20-37-18-13-28/h13-16,26H,2-12,17-24H2,1H3,(H2,32,33,34,35,36);9-12H,2-8,13-21,28H2,1H3,(H2,29,30,31,32,33). The van der Waals surface area contributed by atoms with Crippen LogP contribution in [0.1, 0.15) is 141 Å². The van der Waals surface area contributed by atoms with Gasteiger partial charge in [-0.05, 0) is 118 Å². The van der Waals surface area contributed by atoms with Gasteiger partial charge in [0.1, 0.15) is 11.6 Å². The Morgan fingerprint density at radius 2 is 0.948 bits per heavy atom. The van der Waals surface area contributed by atoms with Gasteiger partial charge in [-0.3, -0.25) is 9.59 Å². The van der Waals surface area contributed by atoms with Crippen molar-refractivity contribution < 1.29 is 28.5 Å². The highest BCUT2D eigenvalue weighted by atomic mass is 16.5. The minimum absolute atomic E-state index is 0.204. The largest absolute Gasteiger partial charge is 0.379 e. The molecule has 4 heterocycles. The van der Waals surface area contributed by atoms with E-state index in [1.54, 1.807) is 0 Å². The van der Waals surface area contributed by atoms with E-state index in [-0.39, 0.29) is 11.6 Å². The molecule has 1 aliphatic carbocycles. The molecule has 0 amide bonds. The van der Waals surface area contributed by atoms with E-state index in [4.69, 9.17) is 44.6 Å². The number of nitrogens with zero attached hydrogens (tertiary/aromatic N) is 8. The van der Waals surface area contributed by atoms with Crippen molar-refractivity contribution >= 4 is 58.6 Å². The SMILES string of the molecule is CCCCNc1nc(Nc2ccc(CC(=O)CCCOCCOCCN)cc2)nc(N2CCCCC2)n1.CCCOCCOCCCC(=O)Cc1ccc(Nc2nc(NCC3CCCCC3)nc(N3CCCCC3)n2)cc1. The Labute approximate surface area is 458 Å². The van der Waals surface area contributed by atoms with Gasteiger partial charge in [0.05, 0.1) is 33.0 Å². The molecule has 424 valence electrons. The lowest BCUT2D eigenvalue weighted by Gasteiger charge is -2.27. The van der Waals surface area contributed by atoms with Crippen molar-refractivity contribution in [3.63, 3.8) is 0 Å². The van der Waals surface area contributed by atoms with E-state index in [1.165, 1.54) is 57.8 Å². The van der Waals surface area contributed by atoms with Crippen LogP contribution in [0.2, 0.25) is 0 Å². The summed E-state index contributed by atoms with van der Waals surface area (Å²) in [5.41, 5.74) is 9.12. The molecule has 2 aliphatic heterocycles. The van der Waals surface area contributed by atoms with Gasteiger partial charge in [0.25, 0.3) is 0 Å². The van der Waals surface area contributed by atoms with Crippen LogP contribution in [0.3, 0.4) is 0 Å². The lowest BCUT2D eigenvalue weighted by Crippen LogP contribution is -2.31. The zero-order valence-corrected chi connectivity index (χ0v) is 46.5. The third-order valence-corrected chi connectivity index (χ3v) is 13.7. The zero-order chi connectivity index (χ0) is 54.0. The van der Waals surface area contributed by atoms with Crippen molar-refractivity contribution in [1.82, 2.24) is 29.9 Å². The summed E-state index contributed by atoms with van der Waals surface area (Å²) in [6, 6.07) is 15.8. The predicted molar refractivity (Wildman–Crippen MR) is 308 cm³/mol. The summed E-state index contributed by atoms with van der Waals surface area (Å²) in [5.74, 6) is 4.88. The van der Waals surface area contributed by atoms with Crippen molar-refractivity contribution in [1.29, 1.82) is 0 Å². The highest BCUT2D eigenvalue weighted by Gasteiger charge is 2.20. The molecule has 0 spiro atoms. The minimum atomic E-state index is 0.204. The van der Waals surface area contributed by atoms with Crippen LogP contribution in [0, 0.1) is 5.92 Å². The van der Waals surface area contributed by atoms with E-state index < -0.39 is 0 Å². The number of ether oxygens (including phenoxy) is 4. The third-order valence-electron chi connectivity index (χ3n) is 13.7. The van der Waals surface area contributed by atoms with Crippen molar-refractivity contribution in [3.05, 3.63) is 59.7 Å². The molecule has 2 saturated heterocycles. The Bertz CT molecular complexity index is 2240. The fourth-order valence-corrected chi connectivity index (χ4v) is 9.39. The Kier molecular flexibility index (Phi) is 28.7. The zero-order valence-electron chi connectivity index (χ0n) is 46.5. The molecule has 3 aliphatic rings. The van der Waals surface area contributed by atoms with Crippen LogP contribution >= 0.6 is 0 Å². The van der Waals surface area contributed by atoms with Gasteiger partial charge >= 0.3 is 0 Å². The van der Waals surface area contributed by atoms with E-state index in [0.29, 0.717) is 121 Å². The average Bonchev–Trinajstić information content (AvgIpc) is 3.46. The highest BCUT2D eigenvalue weighted by molar-refractivity contribution is 5.81. The molecule has 3 fully saturated rings. The van der Waals surface area contributed by atoms with Crippen molar-refractivity contribution in [2.45, 2.75) is 142 Å². The highest BCUT2D eigenvalue weighted by Crippen LogP contribution is 2.26. The molecule has 0 bridgehead atoms. The van der Waals surface area contributed by atoms with Crippen LogP contribution < -0.4 is 36.8 Å². The summed E-state index contributed by atoms with van der Waals surface area (Å²) < 4.78 is 21.7. The maximum atomic E-state index is 12.4. The van der Waals surface area contributed by atoms with Crippen LogP contribution in [0.4, 0.5) is 47.1 Å². The van der Waals surface area contributed by atoms with Gasteiger partial charge in [0, 0.05) is 103 Å². The van der Waals surface area contributed by atoms with E-state index in [1.807, 2.05) is 48.5 Å². The fourth-order valence-electron chi connectivity index (χ4n) is 9.39. The number of benzene rings is 2. The van der Waals surface area contributed by atoms with Crippen LogP contribution in [-0.4, -0.2) is 140 Å². The molecule has 0 unspecified atom stereocenters. The maximum Gasteiger partial charge on any atom is 0.233 e. The third kappa shape index (κ3) is 24.3. The summed E-state index contributed by atoms with van der Waals surface area (Å²) in [6.45, 7) is 15.1. The molecule has 0 radical (unpaired) electrons. The number of piperidine rings is 2. The molecule has 4 aromatic rings. The first-order valence-electron chi connectivity index (χ1n) is 29.1. The first-order chi connectivity index (χ1) is 37.9. The molecule has 19 nitrogen and oxygen atoms in total. The molecular formula is C58H91N13O6. The van der Waals surface area contributed by atoms with Gasteiger partial charge in [-0.1, -0.05) is 63.8 Å². The summed E-state index contributed by atoms with van der Waals surface area (Å²) in [7, 11) is 0. The van der Waals surface area contributed by atoms with Crippen LogP contribution in [0.5, 0.6) is 0 Å². The first-order valence-corrected chi connectivity index (χ1v) is 29.1. The second-order valence-corrected chi connectivity index (χ2v) is 20.3. The molecule has 19 heteroatoms. The summed E-state index contributed by atoms with van der Waals surface area (Å²) >= 11 is 0. The fraction of sp³-hybridized carbons (Fsp3) is 0.655. The smallest absolute Gasteiger partial charge is 0.233 e. The normalized spacial score (nSPS) is 14.9. The number of Topliss-reactive ketones (excluding diaryl/α,β-unsaturated/α-hetero) is 2. The molecule has 2 aromatic carbocycles. The molecule has 6 N–H and O–H groups in total. The lowest BCUT2D eigenvalue weighted by atomic mass is 9.89. The summed E-state index contributed by atoms with van der Waals surface area (Å²) in [5, 5.41) is 13.5. The number of nitrogens with two attached hydrogens (primary N) is 1. The predicted octanol–water partition coefficient (Wildman–Crippen LogP) is 9.63. The van der Waals surface area contributed by atoms with Crippen LogP contribution in [0.25, 0.3) is 0 Å². The number of ketones is 2. The van der Waals surface area contributed by atoms with Gasteiger partial charge < -0.3 is 55.7 Å². The number of rotatable bonds is 35. The van der Waals surface area contributed by atoms with Crippen molar-refractivity contribution in [3.8, 4) is 0 Å². The number of anilines is 8. The lowest BCUT2D eigenvalue weighted by molar-refractivity contribution is -0.119. The Morgan fingerprint density at radius 3 is 1.42 bits per heavy atom. The van der Waals surface area contributed by atoms with Gasteiger partial charge in [-0.15, -0.1) is 0 Å².